The van der Waals surface area contributed by atoms with Crippen LogP contribution in [0.3, 0.4) is 0 Å². The first-order valence-electron chi connectivity index (χ1n) is 9.86. The second-order valence-electron chi connectivity index (χ2n) is 7.13. The topological polar surface area (TPSA) is 69.0 Å². The zero-order valence-electron chi connectivity index (χ0n) is 16.7. The van der Waals surface area contributed by atoms with E-state index in [9.17, 15) is 4.79 Å². The fourth-order valence-electron chi connectivity index (χ4n) is 3.57. The Morgan fingerprint density at radius 1 is 1.17 bits per heavy atom. The lowest BCUT2D eigenvalue weighted by Crippen LogP contribution is -2.15. The van der Waals surface area contributed by atoms with Gasteiger partial charge in [-0.2, -0.15) is 0 Å². The molecule has 0 aliphatic heterocycles. The Balaban J connectivity index is 1.44. The predicted molar refractivity (Wildman–Crippen MR) is 120 cm³/mol. The number of hydrogen-bond donors (Lipinski definition) is 1. The predicted octanol–water partition coefficient (Wildman–Crippen LogP) is 4.46. The normalized spacial score (nSPS) is 12.7. The second kappa shape index (κ2) is 9.64. The van der Waals surface area contributed by atoms with Crippen LogP contribution in [-0.4, -0.2) is 40.1 Å². The first-order valence-corrected chi connectivity index (χ1v) is 11.2. The van der Waals surface area contributed by atoms with Gasteiger partial charge in [0.25, 0.3) is 0 Å². The number of fused-ring (bicyclic) bond motifs is 1. The van der Waals surface area contributed by atoms with E-state index in [1.807, 2.05) is 34.9 Å². The van der Waals surface area contributed by atoms with Gasteiger partial charge in [0.05, 0.1) is 18.9 Å². The summed E-state index contributed by atoms with van der Waals surface area (Å²) in [6.07, 6.45) is 3.41. The molecular formula is C22H23ClN4O2S. The van der Waals surface area contributed by atoms with Crippen LogP contribution < -0.4 is 5.32 Å². The summed E-state index contributed by atoms with van der Waals surface area (Å²) >= 11 is 7.36. The van der Waals surface area contributed by atoms with Crippen LogP contribution in [0.4, 0.5) is 5.69 Å². The molecule has 8 heteroatoms. The van der Waals surface area contributed by atoms with Gasteiger partial charge in [-0.1, -0.05) is 29.4 Å². The maximum Gasteiger partial charge on any atom is 0.234 e. The van der Waals surface area contributed by atoms with Crippen molar-refractivity contribution < 1.29 is 9.53 Å². The highest BCUT2D eigenvalue weighted by atomic mass is 35.5. The van der Waals surface area contributed by atoms with Crippen molar-refractivity contribution in [3.8, 4) is 11.4 Å². The summed E-state index contributed by atoms with van der Waals surface area (Å²) in [5, 5.41) is 13.0. The highest BCUT2D eigenvalue weighted by Crippen LogP contribution is 2.27. The van der Waals surface area contributed by atoms with Crippen LogP contribution in [0.2, 0.25) is 5.02 Å². The summed E-state index contributed by atoms with van der Waals surface area (Å²) in [6, 6.07) is 13.6. The third-order valence-electron chi connectivity index (χ3n) is 5.05. The Morgan fingerprint density at radius 3 is 2.77 bits per heavy atom. The van der Waals surface area contributed by atoms with E-state index in [2.05, 4.69) is 27.6 Å². The van der Waals surface area contributed by atoms with E-state index in [1.54, 1.807) is 7.11 Å². The van der Waals surface area contributed by atoms with Gasteiger partial charge in [0.15, 0.2) is 11.0 Å². The van der Waals surface area contributed by atoms with E-state index in [-0.39, 0.29) is 11.7 Å². The molecule has 1 amide bonds. The molecule has 0 unspecified atom stereocenters. The minimum Gasteiger partial charge on any atom is -0.383 e. The Hall–Kier alpha value is -2.35. The van der Waals surface area contributed by atoms with Crippen molar-refractivity contribution in [3.05, 3.63) is 58.6 Å². The summed E-state index contributed by atoms with van der Waals surface area (Å²) in [5.41, 5.74) is 4.50. The first kappa shape index (κ1) is 20.9. The van der Waals surface area contributed by atoms with Gasteiger partial charge in [-0.3, -0.25) is 9.36 Å². The highest BCUT2D eigenvalue weighted by Gasteiger charge is 2.16. The highest BCUT2D eigenvalue weighted by molar-refractivity contribution is 7.99. The van der Waals surface area contributed by atoms with Gasteiger partial charge in [-0.15, -0.1) is 10.2 Å². The maximum absolute atomic E-state index is 12.5. The molecule has 1 N–H and O–H groups in total. The van der Waals surface area contributed by atoms with Crippen LogP contribution in [0.15, 0.2) is 47.6 Å². The lowest BCUT2D eigenvalue weighted by atomic mass is 10.1. The summed E-state index contributed by atoms with van der Waals surface area (Å²) in [6.45, 7) is 1.11. The Morgan fingerprint density at radius 2 is 1.97 bits per heavy atom. The molecular weight excluding hydrogens is 420 g/mol. The number of ether oxygens (including phenoxy) is 1. The average molecular weight is 443 g/mol. The van der Waals surface area contributed by atoms with Gasteiger partial charge < -0.3 is 10.1 Å². The van der Waals surface area contributed by atoms with Crippen LogP contribution in [-0.2, 0) is 28.9 Å². The standard InChI is InChI=1S/C22H23ClN4O2S/c1-29-12-11-27-21(16-5-8-18(23)9-6-16)25-26-22(27)30-14-20(28)24-19-10-7-15-3-2-4-17(15)13-19/h5-10,13H,2-4,11-12,14H2,1H3,(H,24,28). The average Bonchev–Trinajstić information content (AvgIpc) is 3.37. The van der Waals surface area contributed by atoms with Crippen molar-refractivity contribution in [2.75, 3.05) is 24.8 Å². The van der Waals surface area contributed by atoms with Gasteiger partial charge in [0.2, 0.25) is 5.91 Å². The first-order chi connectivity index (χ1) is 14.6. The number of thioether (sulfide) groups is 1. The zero-order chi connectivity index (χ0) is 20.9. The van der Waals surface area contributed by atoms with Gasteiger partial charge in [0.1, 0.15) is 0 Å². The molecule has 4 rings (SSSR count). The van der Waals surface area contributed by atoms with Crippen LogP contribution in [0, 0.1) is 0 Å². The minimum absolute atomic E-state index is 0.0627. The molecule has 0 spiro atoms. The molecule has 0 saturated carbocycles. The molecule has 0 fully saturated rings. The molecule has 1 heterocycles. The number of anilines is 1. The van der Waals surface area contributed by atoms with Crippen molar-refractivity contribution in [1.82, 2.24) is 14.8 Å². The molecule has 3 aromatic rings. The quantitative estimate of drug-likeness (QED) is 0.521. The van der Waals surface area contributed by atoms with E-state index in [0.29, 0.717) is 23.3 Å². The summed E-state index contributed by atoms with van der Waals surface area (Å²) in [5.74, 6) is 0.917. The molecule has 1 aliphatic rings. The molecule has 6 nitrogen and oxygen atoms in total. The van der Waals surface area contributed by atoms with Crippen LogP contribution in [0.5, 0.6) is 0 Å². The van der Waals surface area contributed by atoms with Crippen LogP contribution >= 0.6 is 23.4 Å². The Kier molecular flexibility index (Phi) is 6.72. The monoisotopic (exact) mass is 442 g/mol. The van der Waals surface area contributed by atoms with E-state index in [1.165, 1.54) is 29.3 Å². The van der Waals surface area contributed by atoms with Gasteiger partial charge in [-0.25, -0.2) is 0 Å². The maximum atomic E-state index is 12.5. The number of halogens is 1. The zero-order valence-corrected chi connectivity index (χ0v) is 18.3. The fraction of sp³-hybridized carbons (Fsp3) is 0.318. The number of aromatic nitrogens is 3. The third kappa shape index (κ3) is 4.86. The van der Waals surface area contributed by atoms with Crippen LogP contribution in [0.25, 0.3) is 11.4 Å². The summed E-state index contributed by atoms with van der Waals surface area (Å²) in [7, 11) is 1.66. The van der Waals surface area contributed by atoms with Crippen molar-refractivity contribution >= 4 is 35.0 Å². The molecule has 1 aromatic heterocycles. The fourth-order valence-corrected chi connectivity index (χ4v) is 4.46. The Labute approximate surface area is 185 Å². The number of nitrogens with one attached hydrogen (secondary N) is 1. The number of benzene rings is 2. The Bertz CT molecular complexity index is 1040. The largest absolute Gasteiger partial charge is 0.383 e. The number of rotatable bonds is 8. The van der Waals surface area contributed by atoms with Crippen LogP contribution in [0.1, 0.15) is 17.5 Å². The number of carbonyl (C=O) groups excluding carboxylic acids is 1. The number of nitrogens with zero attached hydrogens (tertiary/aromatic N) is 3. The lowest BCUT2D eigenvalue weighted by molar-refractivity contribution is -0.113. The smallest absolute Gasteiger partial charge is 0.234 e. The van der Waals surface area contributed by atoms with E-state index >= 15 is 0 Å². The number of amides is 1. The van der Waals surface area contributed by atoms with E-state index in [4.69, 9.17) is 16.3 Å². The molecule has 2 aromatic carbocycles. The van der Waals surface area contributed by atoms with Gasteiger partial charge in [-0.05, 0) is 66.8 Å². The van der Waals surface area contributed by atoms with E-state index in [0.717, 1.165) is 29.9 Å². The molecule has 0 atom stereocenters. The number of methoxy groups -OCH3 is 1. The molecule has 1 aliphatic carbocycles. The van der Waals surface area contributed by atoms with E-state index < -0.39 is 0 Å². The molecule has 30 heavy (non-hydrogen) atoms. The molecule has 0 saturated heterocycles. The van der Waals surface area contributed by atoms with Crippen molar-refractivity contribution in [2.45, 2.75) is 31.0 Å². The molecule has 156 valence electrons. The third-order valence-corrected chi connectivity index (χ3v) is 6.27. The number of carbonyl (C=O) groups is 1. The SMILES string of the molecule is COCCn1c(SCC(=O)Nc2ccc3c(c2)CCC3)nnc1-c1ccc(Cl)cc1. The lowest BCUT2D eigenvalue weighted by Gasteiger charge is -2.10. The van der Waals surface area contributed by atoms with Crippen molar-refractivity contribution in [1.29, 1.82) is 0 Å². The summed E-state index contributed by atoms with van der Waals surface area (Å²) < 4.78 is 7.21. The summed E-state index contributed by atoms with van der Waals surface area (Å²) in [4.78, 5) is 12.5. The van der Waals surface area contributed by atoms with Crippen molar-refractivity contribution in [3.63, 3.8) is 0 Å². The number of aryl methyl sites for hydroxylation is 2. The minimum atomic E-state index is -0.0627. The molecule has 0 bridgehead atoms. The molecule has 0 radical (unpaired) electrons. The van der Waals surface area contributed by atoms with Gasteiger partial charge in [0, 0.05) is 23.4 Å². The van der Waals surface area contributed by atoms with Crippen molar-refractivity contribution in [2.24, 2.45) is 0 Å². The number of hydrogen-bond acceptors (Lipinski definition) is 5. The van der Waals surface area contributed by atoms with Gasteiger partial charge >= 0.3 is 0 Å². The second-order valence-corrected chi connectivity index (χ2v) is 8.51.